The zero-order valence-corrected chi connectivity index (χ0v) is 7.99. The first-order chi connectivity index (χ1) is 5.90. The molecule has 0 atom stereocenters. The van der Waals surface area contributed by atoms with Crippen LogP contribution >= 0.6 is 11.3 Å². The van der Waals surface area contributed by atoms with Crippen LogP contribution in [0.25, 0.3) is 9.40 Å². The van der Waals surface area contributed by atoms with Crippen molar-refractivity contribution in [3.63, 3.8) is 0 Å². The van der Waals surface area contributed by atoms with Gasteiger partial charge in [0.1, 0.15) is 5.75 Å². The van der Waals surface area contributed by atoms with Gasteiger partial charge in [-0.3, -0.25) is 0 Å². The predicted octanol–water partition coefficient (Wildman–Crippen LogP) is 3.52. The van der Waals surface area contributed by atoms with Crippen LogP contribution in [0.15, 0.2) is 18.2 Å². The first kappa shape index (κ1) is 7.87. The van der Waals surface area contributed by atoms with Crippen molar-refractivity contribution in [3.8, 4) is 5.75 Å². The maximum Gasteiger partial charge on any atom is 0.137 e. The van der Waals surface area contributed by atoms with E-state index in [-0.39, 0.29) is 0 Å². The van der Waals surface area contributed by atoms with Crippen molar-refractivity contribution in [1.82, 2.24) is 0 Å². The average Bonchev–Trinajstić information content (AvgIpc) is 2.65. The van der Waals surface area contributed by atoms with Gasteiger partial charge < -0.3 is 4.74 Å². The van der Waals surface area contributed by atoms with Gasteiger partial charge in [-0.25, -0.2) is 0 Å². The number of benzene rings is 1. The molecule has 0 aliphatic heterocycles. The summed E-state index contributed by atoms with van der Waals surface area (Å²) in [5.74, 6) is 1.07. The van der Waals surface area contributed by atoms with Gasteiger partial charge in [0.05, 0.1) is 11.3 Å². The van der Waals surface area contributed by atoms with E-state index in [2.05, 4.69) is 25.1 Å². The van der Waals surface area contributed by atoms with E-state index in [9.17, 15) is 0 Å². The van der Waals surface area contributed by atoms with Crippen LogP contribution in [-0.2, 0) is 0 Å². The van der Waals surface area contributed by atoms with E-state index >= 15 is 0 Å². The summed E-state index contributed by atoms with van der Waals surface area (Å²) in [4.78, 5) is 0. The summed E-state index contributed by atoms with van der Waals surface area (Å²) >= 11 is 1.80. The molecule has 64 valence electrons. The Morgan fingerprint density at radius 1 is 1.42 bits per heavy atom. The smallest absolute Gasteiger partial charge is 0.137 e. The van der Waals surface area contributed by atoms with Crippen molar-refractivity contribution < 1.29 is 4.74 Å². The Hall–Kier alpha value is -0.760. The van der Waals surface area contributed by atoms with Crippen LogP contribution in [0.1, 0.15) is 19.8 Å². The molecule has 0 unspecified atom stereocenters. The molecule has 2 rings (SSSR count). The van der Waals surface area contributed by atoms with Gasteiger partial charge in [0, 0.05) is 4.70 Å². The first-order valence-electron chi connectivity index (χ1n) is 4.35. The van der Waals surface area contributed by atoms with Gasteiger partial charge in [0.25, 0.3) is 0 Å². The first-order valence-corrected chi connectivity index (χ1v) is 5.16. The van der Waals surface area contributed by atoms with Gasteiger partial charge in [0.15, 0.2) is 0 Å². The molecule has 2 bridgehead atoms. The molecule has 1 nitrogen and oxygen atoms in total. The topological polar surface area (TPSA) is 9.23 Å². The summed E-state index contributed by atoms with van der Waals surface area (Å²) in [6, 6.07) is 6.38. The quantitative estimate of drug-likeness (QED) is 0.654. The van der Waals surface area contributed by atoms with E-state index < -0.39 is 0 Å². The molecule has 2 heteroatoms. The van der Waals surface area contributed by atoms with Crippen molar-refractivity contribution in [3.05, 3.63) is 18.2 Å². The number of unbranched alkanes of at least 4 members (excludes halogenated alkanes) is 1. The lowest BCUT2D eigenvalue weighted by Crippen LogP contribution is -1.95. The van der Waals surface area contributed by atoms with Gasteiger partial charge in [-0.15, -0.1) is 11.3 Å². The third kappa shape index (κ3) is 1.39. The SMILES string of the molecule is CCCCOc1cc2ccc1s2. The molecule has 0 spiro atoms. The van der Waals surface area contributed by atoms with Gasteiger partial charge in [0.2, 0.25) is 0 Å². The van der Waals surface area contributed by atoms with Crippen molar-refractivity contribution >= 4 is 20.7 Å². The van der Waals surface area contributed by atoms with Crippen LogP contribution < -0.4 is 4.74 Å². The maximum atomic E-state index is 5.61. The minimum Gasteiger partial charge on any atom is -0.492 e. The molecule has 2 aromatic heterocycles. The monoisotopic (exact) mass is 180 g/mol. The van der Waals surface area contributed by atoms with Crippen LogP contribution in [-0.4, -0.2) is 6.61 Å². The summed E-state index contributed by atoms with van der Waals surface area (Å²) < 4.78 is 8.20. The minimum absolute atomic E-state index is 0.855. The van der Waals surface area contributed by atoms with Crippen molar-refractivity contribution in [2.45, 2.75) is 19.8 Å². The minimum atomic E-state index is 0.855. The summed E-state index contributed by atoms with van der Waals surface area (Å²) in [7, 11) is 0. The highest BCUT2D eigenvalue weighted by Gasteiger charge is 2.04. The van der Waals surface area contributed by atoms with Crippen LogP contribution in [0.2, 0.25) is 0 Å². The molecular formula is C10H12OS. The summed E-state index contributed by atoms with van der Waals surface area (Å²) in [6.45, 7) is 3.03. The van der Waals surface area contributed by atoms with Crippen LogP contribution in [0.4, 0.5) is 0 Å². The summed E-state index contributed by atoms with van der Waals surface area (Å²) in [5.41, 5.74) is 0. The van der Waals surface area contributed by atoms with Crippen LogP contribution in [0.3, 0.4) is 0 Å². The third-order valence-electron chi connectivity index (χ3n) is 1.90. The third-order valence-corrected chi connectivity index (χ3v) is 2.95. The Labute approximate surface area is 76.3 Å². The van der Waals surface area contributed by atoms with Gasteiger partial charge in [-0.05, 0) is 24.6 Å². The van der Waals surface area contributed by atoms with Crippen LogP contribution in [0.5, 0.6) is 5.75 Å². The average molecular weight is 180 g/mol. The Balaban J connectivity index is 1.99. The molecule has 0 saturated carbocycles. The molecule has 0 aliphatic carbocycles. The van der Waals surface area contributed by atoms with Crippen LogP contribution in [0, 0.1) is 0 Å². The standard InChI is InChI=1S/C10H12OS/c1-2-3-6-11-9-7-8-4-5-10(9)12-8/h4-5,7H,2-3,6H2,1H3. The molecular weight excluding hydrogens is 168 g/mol. The van der Waals surface area contributed by atoms with Crippen molar-refractivity contribution in [1.29, 1.82) is 0 Å². The summed E-state index contributed by atoms with van der Waals surface area (Å²) in [5, 5.41) is 0. The van der Waals surface area contributed by atoms with Crippen molar-refractivity contribution in [2.24, 2.45) is 0 Å². The molecule has 2 aromatic rings. The van der Waals surface area contributed by atoms with E-state index in [0.717, 1.165) is 18.8 Å². The van der Waals surface area contributed by atoms with E-state index in [1.807, 2.05) is 0 Å². The number of thiophene rings is 2. The van der Waals surface area contributed by atoms with Gasteiger partial charge >= 0.3 is 0 Å². The highest BCUT2D eigenvalue weighted by atomic mass is 32.1. The molecule has 0 N–H and O–H groups in total. The number of fused-ring (bicyclic) bond motifs is 2. The second-order valence-corrected chi connectivity index (χ2v) is 4.03. The summed E-state index contributed by atoms with van der Waals surface area (Å²) in [6.07, 6.45) is 2.34. The Morgan fingerprint density at radius 3 is 2.92 bits per heavy atom. The lowest BCUT2D eigenvalue weighted by molar-refractivity contribution is 0.314. The zero-order valence-electron chi connectivity index (χ0n) is 7.17. The molecule has 2 heterocycles. The van der Waals surface area contributed by atoms with E-state index in [4.69, 9.17) is 4.74 Å². The number of rotatable bonds is 4. The molecule has 0 saturated heterocycles. The number of hydrogen-bond donors (Lipinski definition) is 0. The lowest BCUT2D eigenvalue weighted by atomic mass is 10.3. The van der Waals surface area contributed by atoms with E-state index in [0.29, 0.717) is 0 Å². The number of hydrogen-bond acceptors (Lipinski definition) is 2. The molecule has 0 aromatic carbocycles. The maximum absolute atomic E-state index is 5.61. The van der Waals surface area contributed by atoms with Gasteiger partial charge in [-0.1, -0.05) is 13.3 Å². The Bertz CT molecular complexity index is 339. The second-order valence-electron chi connectivity index (χ2n) is 2.91. The van der Waals surface area contributed by atoms with Gasteiger partial charge in [-0.2, -0.15) is 0 Å². The second kappa shape index (κ2) is 3.31. The fraction of sp³-hybridized carbons (Fsp3) is 0.400. The van der Waals surface area contributed by atoms with Crippen molar-refractivity contribution in [2.75, 3.05) is 6.61 Å². The fourth-order valence-electron chi connectivity index (χ4n) is 1.20. The normalized spacial score (nSPS) is 11.1. The molecule has 12 heavy (non-hydrogen) atoms. The highest BCUT2D eigenvalue weighted by Crippen LogP contribution is 2.34. The highest BCUT2D eigenvalue weighted by molar-refractivity contribution is 7.24. The lowest BCUT2D eigenvalue weighted by Gasteiger charge is -2.02. The fourth-order valence-corrected chi connectivity index (χ4v) is 2.11. The Morgan fingerprint density at radius 2 is 2.33 bits per heavy atom. The predicted molar refractivity (Wildman–Crippen MR) is 53.4 cm³/mol. The molecule has 0 radical (unpaired) electrons. The molecule has 0 fully saturated rings. The Kier molecular flexibility index (Phi) is 2.17. The largest absolute Gasteiger partial charge is 0.492 e. The number of ether oxygens (including phenoxy) is 1. The van der Waals surface area contributed by atoms with E-state index in [1.165, 1.54) is 15.8 Å². The molecule has 0 amide bonds. The molecule has 0 aliphatic rings. The zero-order chi connectivity index (χ0) is 8.39. The van der Waals surface area contributed by atoms with E-state index in [1.54, 1.807) is 11.3 Å².